The lowest BCUT2D eigenvalue weighted by molar-refractivity contribution is -0.304. The van der Waals surface area contributed by atoms with Gasteiger partial charge < -0.3 is 19.1 Å². The van der Waals surface area contributed by atoms with Crippen LogP contribution < -0.4 is 15.5 Å². The first-order valence-corrected chi connectivity index (χ1v) is 8.72. The molecule has 0 radical (unpaired) electrons. The van der Waals surface area contributed by atoms with Crippen molar-refractivity contribution in [1.82, 2.24) is 0 Å². The van der Waals surface area contributed by atoms with Crippen molar-refractivity contribution in [1.29, 1.82) is 0 Å². The van der Waals surface area contributed by atoms with Gasteiger partial charge in [-0.25, -0.2) is 4.79 Å². The first-order valence-electron chi connectivity index (χ1n) is 8.72. The third-order valence-corrected chi connectivity index (χ3v) is 4.86. The van der Waals surface area contributed by atoms with Crippen LogP contribution in [-0.4, -0.2) is 5.97 Å². The molecule has 0 unspecified atom stereocenters. The van der Waals surface area contributed by atoms with Gasteiger partial charge in [0.2, 0.25) is 0 Å². The number of aryl methyl sites for hydroxylation is 4. The Hall–Kier alpha value is -3.08. The third-order valence-electron chi connectivity index (χ3n) is 4.86. The number of benzene rings is 2. The lowest BCUT2D eigenvalue weighted by Gasteiger charge is -2.14. The van der Waals surface area contributed by atoms with Crippen LogP contribution in [0.3, 0.4) is 0 Å². The van der Waals surface area contributed by atoms with Crippen LogP contribution in [0, 0.1) is 27.7 Å². The van der Waals surface area contributed by atoms with Crippen LogP contribution in [0.15, 0.2) is 39.5 Å². The number of hydrogen-bond donors (Lipinski definition) is 0. The van der Waals surface area contributed by atoms with Crippen molar-refractivity contribution in [2.75, 3.05) is 0 Å². The summed E-state index contributed by atoms with van der Waals surface area (Å²) in [7, 11) is 0. The van der Waals surface area contributed by atoms with Crippen LogP contribution >= 0.6 is 0 Å². The predicted octanol–water partition coefficient (Wildman–Crippen LogP) is 2.90. The quantitative estimate of drug-likeness (QED) is 0.650. The Bertz CT molecular complexity index is 1090. The Balaban J connectivity index is 1.99. The second-order valence-electron chi connectivity index (χ2n) is 6.83. The van der Waals surface area contributed by atoms with E-state index in [0.29, 0.717) is 34.5 Å². The maximum absolute atomic E-state index is 12.2. The molecule has 140 valence electrons. The Morgan fingerprint density at radius 3 is 2.52 bits per heavy atom. The van der Waals surface area contributed by atoms with Crippen molar-refractivity contribution in [3.8, 4) is 5.75 Å². The van der Waals surface area contributed by atoms with E-state index in [2.05, 4.69) is 18.2 Å². The number of ether oxygens (including phenoxy) is 1. The van der Waals surface area contributed by atoms with Gasteiger partial charge >= 0.3 is 5.63 Å². The summed E-state index contributed by atoms with van der Waals surface area (Å²) in [5.74, 6) is -0.687. The van der Waals surface area contributed by atoms with E-state index in [1.54, 1.807) is 13.0 Å². The van der Waals surface area contributed by atoms with Crippen molar-refractivity contribution in [3.05, 3.63) is 74.1 Å². The first kappa shape index (κ1) is 18.7. The molecule has 0 spiro atoms. The molecule has 0 saturated heterocycles. The summed E-state index contributed by atoms with van der Waals surface area (Å²) in [6, 6.07) is 9.81. The van der Waals surface area contributed by atoms with E-state index in [0.717, 1.165) is 16.7 Å². The van der Waals surface area contributed by atoms with Crippen LogP contribution in [0.5, 0.6) is 5.75 Å². The Labute approximate surface area is 157 Å². The van der Waals surface area contributed by atoms with Crippen molar-refractivity contribution < 1.29 is 19.1 Å². The van der Waals surface area contributed by atoms with E-state index < -0.39 is 18.0 Å². The van der Waals surface area contributed by atoms with Crippen LogP contribution in [-0.2, 0) is 17.8 Å². The smallest absolute Gasteiger partial charge is 0.340 e. The summed E-state index contributed by atoms with van der Waals surface area (Å²) in [6.45, 7) is 8.01. The van der Waals surface area contributed by atoms with Crippen LogP contribution in [0.1, 0.15) is 33.4 Å². The normalized spacial score (nSPS) is 11.0. The number of carboxylic acids is 1. The lowest BCUT2D eigenvalue weighted by atomic mass is 10.0. The number of fused-ring (bicyclic) bond motifs is 1. The molecule has 5 nitrogen and oxygen atoms in total. The summed E-state index contributed by atoms with van der Waals surface area (Å²) in [4.78, 5) is 23.1. The van der Waals surface area contributed by atoms with E-state index in [4.69, 9.17) is 9.15 Å². The molecule has 0 saturated carbocycles. The average molecular weight is 365 g/mol. The van der Waals surface area contributed by atoms with E-state index in [1.165, 1.54) is 0 Å². The van der Waals surface area contributed by atoms with Gasteiger partial charge in [0.1, 0.15) is 17.9 Å². The van der Waals surface area contributed by atoms with Crippen LogP contribution in [0.25, 0.3) is 11.0 Å². The molecule has 1 aromatic heterocycles. The van der Waals surface area contributed by atoms with Gasteiger partial charge in [-0.05, 0) is 56.5 Å². The highest BCUT2D eigenvalue weighted by atomic mass is 16.5. The molecule has 0 aliphatic rings. The highest BCUT2D eigenvalue weighted by molar-refractivity contribution is 5.86. The standard InChI is InChI=1S/C22H22O5/c1-12-5-6-13(2)16(9-12)11-26-19-8-7-17-14(3)18(10-20(23)24)22(25)27-21(17)15(19)4/h5-9H,10-11H2,1-4H3,(H,23,24)/p-1. The van der Waals surface area contributed by atoms with Gasteiger partial charge in [-0.2, -0.15) is 0 Å². The number of aliphatic carboxylic acids is 1. The molecule has 3 aromatic rings. The fourth-order valence-corrected chi connectivity index (χ4v) is 3.19. The molecule has 1 heterocycles. The van der Waals surface area contributed by atoms with Gasteiger partial charge in [0.05, 0.1) is 0 Å². The Kier molecular flexibility index (Phi) is 5.04. The van der Waals surface area contributed by atoms with Gasteiger partial charge in [0.15, 0.2) is 0 Å². The maximum atomic E-state index is 12.2. The van der Waals surface area contributed by atoms with Gasteiger partial charge in [-0.15, -0.1) is 0 Å². The molecule has 0 amide bonds. The minimum atomic E-state index is -1.31. The van der Waals surface area contributed by atoms with E-state index >= 15 is 0 Å². The van der Waals surface area contributed by atoms with Crippen molar-refractivity contribution >= 4 is 16.9 Å². The lowest BCUT2D eigenvalue weighted by Crippen LogP contribution is -2.27. The Morgan fingerprint density at radius 1 is 1.07 bits per heavy atom. The average Bonchev–Trinajstić information content (AvgIpc) is 2.61. The molecule has 3 rings (SSSR count). The van der Waals surface area contributed by atoms with Gasteiger partial charge in [-0.3, -0.25) is 0 Å². The number of rotatable bonds is 5. The second-order valence-corrected chi connectivity index (χ2v) is 6.83. The highest BCUT2D eigenvalue weighted by Crippen LogP contribution is 2.30. The number of carbonyl (C=O) groups excluding carboxylic acids is 1. The SMILES string of the molecule is Cc1ccc(C)c(COc2ccc3c(C)c(CC(=O)[O-])c(=O)oc3c2C)c1. The monoisotopic (exact) mass is 365 g/mol. The van der Waals surface area contributed by atoms with Crippen LogP contribution in [0.4, 0.5) is 0 Å². The molecule has 0 aliphatic carbocycles. The third kappa shape index (κ3) is 3.72. The van der Waals surface area contributed by atoms with Crippen LogP contribution in [0.2, 0.25) is 0 Å². The predicted molar refractivity (Wildman–Crippen MR) is 101 cm³/mol. The molecule has 0 bridgehead atoms. The largest absolute Gasteiger partial charge is 0.550 e. The van der Waals surface area contributed by atoms with E-state index in [1.807, 2.05) is 26.8 Å². The Morgan fingerprint density at radius 2 is 1.81 bits per heavy atom. The number of carboxylic acid groups (broad SMARTS) is 1. The van der Waals surface area contributed by atoms with Crippen molar-refractivity contribution in [2.24, 2.45) is 0 Å². The van der Waals surface area contributed by atoms with E-state index in [9.17, 15) is 14.7 Å². The minimum absolute atomic E-state index is 0.117. The summed E-state index contributed by atoms with van der Waals surface area (Å²) in [5.41, 5.74) is 4.58. The molecular formula is C22H21O5-. The maximum Gasteiger partial charge on any atom is 0.340 e. The fraction of sp³-hybridized carbons (Fsp3) is 0.273. The molecule has 0 aliphatic heterocycles. The van der Waals surface area contributed by atoms with Gasteiger partial charge in [-0.1, -0.05) is 23.8 Å². The molecule has 5 heteroatoms. The number of carbonyl (C=O) groups is 1. The molecule has 0 N–H and O–H groups in total. The fourth-order valence-electron chi connectivity index (χ4n) is 3.19. The molecule has 2 aromatic carbocycles. The van der Waals surface area contributed by atoms with Gasteiger partial charge in [0, 0.05) is 28.9 Å². The van der Waals surface area contributed by atoms with Crippen molar-refractivity contribution in [3.63, 3.8) is 0 Å². The first-order chi connectivity index (χ1) is 12.8. The molecular weight excluding hydrogens is 344 g/mol. The zero-order chi connectivity index (χ0) is 19.7. The molecule has 0 atom stereocenters. The second kappa shape index (κ2) is 7.27. The molecule has 27 heavy (non-hydrogen) atoms. The summed E-state index contributed by atoms with van der Waals surface area (Å²) >= 11 is 0. The highest BCUT2D eigenvalue weighted by Gasteiger charge is 2.15. The summed E-state index contributed by atoms with van der Waals surface area (Å²) in [5, 5.41) is 11.6. The topological polar surface area (TPSA) is 79.6 Å². The van der Waals surface area contributed by atoms with Crippen molar-refractivity contribution in [2.45, 2.75) is 40.7 Å². The number of hydrogen-bond acceptors (Lipinski definition) is 5. The summed E-state index contributed by atoms with van der Waals surface area (Å²) < 4.78 is 11.4. The minimum Gasteiger partial charge on any atom is -0.550 e. The zero-order valence-electron chi connectivity index (χ0n) is 15.8. The zero-order valence-corrected chi connectivity index (χ0v) is 15.8. The molecule has 0 fully saturated rings. The van der Waals surface area contributed by atoms with Gasteiger partial charge in [0.25, 0.3) is 0 Å². The summed E-state index contributed by atoms with van der Waals surface area (Å²) in [6.07, 6.45) is -0.464. The van der Waals surface area contributed by atoms with E-state index in [-0.39, 0.29) is 5.56 Å².